The maximum Gasteiger partial charge on any atom is 1.00 e. The number of rotatable bonds is 1. The van der Waals surface area contributed by atoms with Crippen LogP contribution in [0, 0.1) is 0 Å². The summed E-state index contributed by atoms with van der Waals surface area (Å²) in [6, 6.07) is 0. The number of halogens is 7. The van der Waals surface area contributed by atoms with Crippen LogP contribution in [0.1, 0.15) is 1.43 Å². The maximum absolute atomic E-state index is 12.6. The van der Waals surface area contributed by atoms with Gasteiger partial charge in [0.05, 0.1) is 0 Å². The molecule has 1 rings (SSSR count). The summed E-state index contributed by atoms with van der Waals surface area (Å²) in [5.74, 6) is -18.6. The molecular formula is C4H2F7NaO3S. The number of alkyl halides is 7. The molecule has 92 valence electrons. The Morgan fingerprint density at radius 2 is 1.06 bits per heavy atom. The molecule has 0 aromatic rings. The summed E-state index contributed by atoms with van der Waals surface area (Å²) in [4.78, 5) is 0. The summed E-state index contributed by atoms with van der Waals surface area (Å²) in [6.45, 7) is 0. The van der Waals surface area contributed by atoms with Gasteiger partial charge < -0.3 is 1.43 Å². The molecule has 1 saturated carbocycles. The van der Waals surface area contributed by atoms with E-state index in [-0.39, 0.29) is 31.0 Å². The van der Waals surface area contributed by atoms with Crippen molar-refractivity contribution in [2.75, 3.05) is 0 Å². The molecule has 0 radical (unpaired) electrons. The monoisotopic (exact) mass is 286 g/mol. The fourth-order valence-corrected chi connectivity index (χ4v) is 1.96. The smallest absolute Gasteiger partial charge is 1.00 e. The molecule has 1 aliphatic rings. The Labute approximate surface area is 108 Å². The normalized spacial score (nSPS) is 28.8. The van der Waals surface area contributed by atoms with Gasteiger partial charge in [0.1, 0.15) is 0 Å². The van der Waals surface area contributed by atoms with E-state index in [4.69, 9.17) is 4.55 Å². The third kappa shape index (κ3) is 1.26. The second kappa shape index (κ2) is 3.46. The zero-order valence-corrected chi connectivity index (χ0v) is 10.1. The van der Waals surface area contributed by atoms with Gasteiger partial charge in [-0.15, -0.1) is 0 Å². The van der Waals surface area contributed by atoms with E-state index in [1.165, 1.54) is 0 Å². The van der Waals surface area contributed by atoms with Crippen LogP contribution in [0.5, 0.6) is 0 Å². The van der Waals surface area contributed by atoms with Crippen LogP contribution in [0.25, 0.3) is 0 Å². The molecule has 0 amide bonds. The van der Waals surface area contributed by atoms with Gasteiger partial charge in [0.15, 0.2) is 0 Å². The predicted octanol–water partition coefficient (Wildman–Crippen LogP) is -1.42. The summed E-state index contributed by atoms with van der Waals surface area (Å²) < 4.78 is 113. The Balaban J connectivity index is 0. The minimum Gasteiger partial charge on any atom is -1.00 e. The Kier molecular flexibility index (Phi) is 3.56. The van der Waals surface area contributed by atoms with Crippen molar-refractivity contribution in [3.63, 3.8) is 0 Å². The number of hydrogen-bond donors (Lipinski definition) is 1. The van der Waals surface area contributed by atoms with Gasteiger partial charge in [-0.25, -0.2) is 4.39 Å². The van der Waals surface area contributed by atoms with Gasteiger partial charge in [0.25, 0.3) is 0 Å². The Morgan fingerprint density at radius 3 is 1.19 bits per heavy atom. The fraction of sp³-hybridized carbons (Fsp3) is 1.00. The fourth-order valence-electron chi connectivity index (χ4n) is 1.06. The Morgan fingerprint density at radius 1 is 0.812 bits per heavy atom. The quantitative estimate of drug-likeness (QED) is 0.365. The van der Waals surface area contributed by atoms with Gasteiger partial charge >= 0.3 is 62.4 Å². The van der Waals surface area contributed by atoms with Crippen molar-refractivity contribution in [1.82, 2.24) is 0 Å². The van der Waals surface area contributed by atoms with Crippen molar-refractivity contribution in [3.05, 3.63) is 0 Å². The SMILES string of the molecule is O=S(=O)(O)C1(F)C(F)(F)C(F)(F)C1(F)F.[H-].[Na+]. The van der Waals surface area contributed by atoms with E-state index in [0.29, 0.717) is 0 Å². The number of hydrogen-bond acceptors (Lipinski definition) is 2. The van der Waals surface area contributed by atoms with Crippen molar-refractivity contribution >= 4 is 10.1 Å². The zero-order chi connectivity index (χ0) is 12.5. The first-order chi connectivity index (χ1) is 6.25. The molecular weight excluding hydrogens is 284 g/mol. The van der Waals surface area contributed by atoms with Crippen LogP contribution in [0.2, 0.25) is 0 Å². The van der Waals surface area contributed by atoms with Gasteiger partial charge in [-0.1, -0.05) is 0 Å². The summed E-state index contributed by atoms with van der Waals surface area (Å²) in [5, 5.41) is -6.00. The molecule has 0 bridgehead atoms. The Hall–Kier alpha value is 0.420. The third-order valence-corrected chi connectivity index (χ3v) is 3.18. The first-order valence-corrected chi connectivity index (χ1v) is 4.48. The van der Waals surface area contributed by atoms with Gasteiger partial charge in [-0.3, -0.25) is 4.55 Å². The van der Waals surface area contributed by atoms with E-state index in [9.17, 15) is 39.2 Å². The van der Waals surface area contributed by atoms with Crippen molar-refractivity contribution in [2.24, 2.45) is 0 Å². The molecule has 0 aromatic heterocycles. The second-order valence-corrected chi connectivity index (χ2v) is 4.31. The van der Waals surface area contributed by atoms with E-state index in [0.717, 1.165) is 0 Å². The average Bonchev–Trinajstić information content (AvgIpc) is 1.98. The van der Waals surface area contributed by atoms with Gasteiger partial charge in [0, 0.05) is 0 Å². The molecule has 16 heavy (non-hydrogen) atoms. The standard InChI is InChI=1S/C4HF7O3S.Na.H/c5-1(6)2(7,8)4(11,3(1,9)10)15(12,13)14;;/h(H,12,13,14);;/q;+1;-1. The minimum atomic E-state index is -6.70. The average molecular weight is 286 g/mol. The molecule has 3 nitrogen and oxygen atoms in total. The molecule has 0 saturated heterocycles. The molecule has 0 atom stereocenters. The van der Waals surface area contributed by atoms with Crippen molar-refractivity contribution in [3.8, 4) is 0 Å². The van der Waals surface area contributed by atoms with E-state index in [1.54, 1.807) is 0 Å². The van der Waals surface area contributed by atoms with E-state index >= 15 is 0 Å². The molecule has 1 aliphatic carbocycles. The molecule has 1 N–H and O–H groups in total. The van der Waals surface area contributed by atoms with Crippen molar-refractivity contribution in [1.29, 1.82) is 0 Å². The molecule has 0 aromatic carbocycles. The van der Waals surface area contributed by atoms with Gasteiger partial charge in [-0.2, -0.15) is 34.8 Å². The van der Waals surface area contributed by atoms with Crippen LogP contribution in [0.4, 0.5) is 30.7 Å². The molecule has 0 aliphatic heterocycles. The molecule has 1 fully saturated rings. The van der Waals surface area contributed by atoms with Crippen LogP contribution in [-0.4, -0.2) is 35.7 Å². The first kappa shape index (κ1) is 16.4. The summed E-state index contributed by atoms with van der Waals surface area (Å²) >= 11 is 0. The maximum atomic E-state index is 12.6. The van der Waals surface area contributed by atoms with E-state index in [2.05, 4.69) is 0 Å². The second-order valence-electron chi connectivity index (χ2n) is 2.79. The van der Waals surface area contributed by atoms with Gasteiger partial charge in [-0.05, 0) is 0 Å². The molecule has 0 heterocycles. The van der Waals surface area contributed by atoms with E-state index in [1.807, 2.05) is 0 Å². The van der Waals surface area contributed by atoms with Crippen molar-refractivity contribution < 1.29 is 74.7 Å². The minimum absolute atomic E-state index is 0. The van der Waals surface area contributed by atoms with Gasteiger partial charge in [0.2, 0.25) is 0 Å². The van der Waals surface area contributed by atoms with Crippen molar-refractivity contribution in [2.45, 2.75) is 22.8 Å². The van der Waals surface area contributed by atoms with Crippen LogP contribution < -0.4 is 29.6 Å². The van der Waals surface area contributed by atoms with Crippen LogP contribution in [0.3, 0.4) is 0 Å². The zero-order valence-electron chi connectivity index (χ0n) is 8.32. The molecule has 0 spiro atoms. The third-order valence-electron chi connectivity index (χ3n) is 1.95. The molecule has 0 unspecified atom stereocenters. The largest absolute Gasteiger partial charge is 1.00 e. The first-order valence-electron chi connectivity index (χ1n) is 3.04. The van der Waals surface area contributed by atoms with Crippen LogP contribution in [-0.2, 0) is 10.1 Å². The summed E-state index contributed by atoms with van der Waals surface area (Å²) in [6.07, 6.45) is 0. The van der Waals surface area contributed by atoms with Crippen LogP contribution in [0.15, 0.2) is 0 Å². The topological polar surface area (TPSA) is 54.4 Å². The summed E-state index contributed by atoms with van der Waals surface area (Å²) in [7, 11) is -6.70. The Bertz CT molecular complexity index is 391. The molecule has 12 heteroatoms. The van der Waals surface area contributed by atoms with E-state index < -0.39 is 32.9 Å². The predicted molar refractivity (Wildman–Crippen MR) is 31.3 cm³/mol. The van der Waals surface area contributed by atoms with Crippen LogP contribution >= 0.6 is 0 Å². The summed E-state index contributed by atoms with van der Waals surface area (Å²) in [5.41, 5.74) is 0.